The Hall–Kier alpha value is -1.68. The monoisotopic (exact) mass is 263 g/mol. The van der Waals surface area contributed by atoms with Crippen molar-refractivity contribution >= 4 is 29.8 Å². The number of halogens is 1. The zero-order chi connectivity index (χ0) is 13.3. The average molecular weight is 264 g/mol. The Morgan fingerprint density at radius 1 is 1.56 bits per heavy atom. The lowest BCUT2D eigenvalue weighted by Gasteiger charge is -2.35. The molecule has 2 N–H and O–H groups in total. The molecule has 2 atom stereocenters. The Morgan fingerprint density at radius 3 is 2.83 bits per heavy atom. The molecule has 0 radical (unpaired) electrons. The highest BCUT2D eigenvalue weighted by molar-refractivity contribution is 6.30. The number of pyridine rings is 1. The number of nitrogens with two attached hydrogens (primary N) is 1. The molecule has 0 amide bonds. The second kappa shape index (κ2) is 4.53. The molecular formula is C13H14ClN3O. The van der Waals surface area contributed by atoms with E-state index in [1.54, 1.807) is 12.3 Å². The Balaban J connectivity index is 2.67. The van der Waals surface area contributed by atoms with E-state index in [-0.39, 0.29) is 6.04 Å². The Bertz CT molecular complexity index is 553. The number of allylic oxidation sites excluding steroid dienone is 1. The van der Waals surface area contributed by atoms with Crippen molar-refractivity contribution in [2.75, 3.05) is 5.73 Å². The minimum absolute atomic E-state index is 0.240. The number of hydrogen-bond donors (Lipinski definition) is 1. The maximum absolute atomic E-state index is 11.7. The molecular weight excluding hydrogens is 250 g/mol. The van der Waals surface area contributed by atoms with Gasteiger partial charge in [0.05, 0.1) is 22.4 Å². The van der Waals surface area contributed by atoms with E-state index in [1.165, 1.54) is 6.20 Å². The first kappa shape index (κ1) is 12.8. The Morgan fingerprint density at radius 2 is 2.28 bits per heavy atom. The average Bonchev–Trinajstić information content (AvgIpc) is 2.32. The van der Waals surface area contributed by atoms with E-state index in [1.807, 2.05) is 19.9 Å². The number of nitrogen functional groups attached to an aromatic ring is 1. The van der Waals surface area contributed by atoms with Crippen molar-refractivity contribution in [1.29, 1.82) is 0 Å². The van der Waals surface area contributed by atoms with E-state index in [0.29, 0.717) is 16.4 Å². The standard InChI is InChI=1S/C13H14ClN3O/c1-8-3-4-16-9(2)13(8,7-18)12-11(15)5-10(14)6-17-12/h3-7,9H,15H2,1-2H3. The number of carbonyl (C=O) groups excluding carboxylic acids is 1. The summed E-state index contributed by atoms with van der Waals surface area (Å²) < 4.78 is 0. The zero-order valence-electron chi connectivity index (χ0n) is 10.2. The molecule has 1 aromatic heterocycles. The summed E-state index contributed by atoms with van der Waals surface area (Å²) in [6.07, 6.45) is 5.88. The summed E-state index contributed by atoms with van der Waals surface area (Å²) in [6.45, 7) is 3.75. The quantitative estimate of drug-likeness (QED) is 0.832. The van der Waals surface area contributed by atoms with Crippen molar-refractivity contribution in [3.8, 4) is 0 Å². The van der Waals surface area contributed by atoms with Gasteiger partial charge >= 0.3 is 0 Å². The van der Waals surface area contributed by atoms with Gasteiger partial charge in [-0.15, -0.1) is 0 Å². The lowest BCUT2D eigenvalue weighted by molar-refractivity contribution is -0.112. The zero-order valence-corrected chi connectivity index (χ0v) is 11.0. The summed E-state index contributed by atoms with van der Waals surface area (Å²) in [7, 11) is 0. The van der Waals surface area contributed by atoms with Crippen LogP contribution in [0.1, 0.15) is 19.5 Å². The van der Waals surface area contributed by atoms with Gasteiger partial charge in [0.1, 0.15) is 11.7 Å². The molecule has 0 saturated heterocycles. The Labute approximate surface area is 111 Å². The van der Waals surface area contributed by atoms with Gasteiger partial charge in [-0.25, -0.2) is 0 Å². The third-order valence-electron chi connectivity index (χ3n) is 3.41. The van der Waals surface area contributed by atoms with Crippen LogP contribution in [0.2, 0.25) is 5.02 Å². The SMILES string of the molecule is CC1=CC=NC(C)C1(C=O)c1ncc(Cl)cc1N. The van der Waals surface area contributed by atoms with Crippen LogP contribution in [0, 0.1) is 0 Å². The largest absolute Gasteiger partial charge is 0.397 e. The van der Waals surface area contributed by atoms with Crippen LogP contribution in [0.3, 0.4) is 0 Å². The highest BCUT2D eigenvalue weighted by Crippen LogP contribution is 2.39. The van der Waals surface area contributed by atoms with E-state index in [4.69, 9.17) is 17.3 Å². The molecule has 0 aromatic carbocycles. The van der Waals surface area contributed by atoms with Gasteiger partial charge in [0, 0.05) is 12.4 Å². The molecule has 1 aliphatic rings. The highest BCUT2D eigenvalue weighted by Gasteiger charge is 2.43. The molecule has 1 aromatic rings. The topological polar surface area (TPSA) is 68.3 Å². The van der Waals surface area contributed by atoms with Crippen LogP contribution in [-0.2, 0) is 10.2 Å². The van der Waals surface area contributed by atoms with Crippen molar-refractivity contribution in [2.45, 2.75) is 25.3 Å². The van der Waals surface area contributed by atoms with Crippen LogP contribution < -0.4 is 5.73 Å². The molecule has 0 saturated carbocycles. The van der Waals surface area contributed by atoms with Gasteiger partial charge in [-0.2, -0.15) is 0 Å². The second-order valence-corrected chi connectivity index (χ2v) is 4.84. The number of aliphatic imine (C=N–C) groups is 1. The number of rotatable bonds is 2. The van der Waals surface area contributed by atoms with Crippen molar-refractivity contribution in [3.63, 3.8) is 0 Å². The van der Waals surface area contributed by atoms with Crippen LogP contribution in [-0.4, -0.2) is 23.5 Å². The summed E-state index contributed by atoms with van der Waals surface area (Å²) in [5, 5.41) is 0.450. The molecule has 2 unspecified atom stereocenters. The van der Waals surface area contributed by atoms with Crippen molar-refractivity contribution in [1.82, 2.24) is 4.98 Å². The maximum atomic E-state index is 11.7. The normalized spacial score (nSPS) is 26.8. The Kier molecular flexibility index (Phi) is 3.22. The fraction of sp³-hybridized carbons (Fsp3) is 0.308. The first-order chi connectivity index (χ1) is 8.52. The van der Waals surface area contributed by atoms with E-state index in [0.717, 1.165) is 11.9 Å². The fourth-order valence-electron chi connectivity index (χ4n) is 2.30. The van der Waals surface area contributed by atoms with Gasteiger partial charge < -0.3 is 10.5 Å². The third kappa shape index (κ3) is 1.73. The number of anilines is 1. The smallest absolute Gasteiger partial charge is 0.138 e. The van der Waals surface area contributed by atoms with Gasteiger partial charge in [0.25, 0.3) is 0 Å². The first-order valence-electron chi connectivity index (χ1n) is 5.60. The van der Waals surface area contributed by atoms with Crippen LogP contribution in [0.5, 0.6) is 0 Å². The summed E-state index contributed by atoms with van der Waals surface area (Å²) in [5.41, 5.74) is 6.85. The molecule has 0 fully saturated rings. The van der Waals surface area contributed by atoms with Gasteiger partial charge in [0.2, 0.25) is 0 Å². The number of dihydropyridines is 1. The van der Waals surface area contributed by atoms with Crippen LogP contribution >= 0.6 is 11.6 Å². The summed E-state index contributed by atoms with van der Waals surface area (Å²) in [6, 6.07) is 1.36. The molecule has 0 aliphatic carbocycles. The number of carbonyl (C=O) groups is 1. The van der Waals surface area contributed by atoms with Gasteiger partial charge in [-0.05, 0) is 26.0 Å². The van der Waals surface area contributed by atoms with Crippen LogP contribution in [0.4, 0.5) is 5.69 Å². The molecule has 94 valence electrons. The van der Waals surface area contributed by atoms with E-state index >= 15 is 0 Å². The minimum Gasteiger partial charge on any atom is -0.397 e. The van der Waals surface area contributed by atoms with Crippen LogP contribution in [0.15, 0.2) is 28.9 Å². The van der Waals surface area contributed by atoms with E-state index in [2.05, 4.69) is 9.98 Å². The number of aromatic nitrogens is 1. The predicted octanol–water partition coefficient (Wildman–Crippen LogP) is 2.17. The molecule has 0 bridgehead atoms. The summed E-state index contributed by atoms with van der Waals surface area (Å²) in [4.78, 5) is 20.2. The van der Waals surface area contributed by atoms with Crippen molar-refractivity contribution < 1.29 is 4.79 Å². The molecule has 0 spiro atoms. The molecule has 2 heterocycles. The van der Waals surface area contributed by atoms with Gasteiger partial charge in [-0.1, -0.05) is 17.2 Å². The van der Waals surface area contributed by atoms with E-state index < -0.39 is 5.41 Å². The lowest BCUT2D eigenvalue weighted by atomic mass is 9.71. The number of aldehydes is 1. The van der Waals surface area contributed by atoms with Gasteiger partial charge in [0.15, 0.2) is 0 Å². The molecule has 2 rings (SSSR count). The third-order valence-corrected chi connectivity index (χ3v) is 3.61. The molecule has 5 heteroatoms. The summed E-state index contributed by atoms with van der Waals surface area (Å²) >= 11 is 5.84. The van der Waals surface area contributed by atoms with Crippen molar-refractivity contribution in [2.24, 2.45) is 4.99 Å². The predicted molar refractivity (Wildman–Crippen MR) is 73.1 cm³/mol. The number of hydrogen-bond acceptors (Lipinski definition) is 4. The second-order valence-electron chi connectivity index (χ2n) is 4.40. The maximum Gasteiger partial charge on any atom is 0.138 e. The molecule has 1 aliphatic heterocycles. The van der Waals surface area contributed by atoms with Crippen LogP contribution in [0.25, 0.3) is 0 Å². The first-order valence-corrected chi connectivity index (χ1v) is 5.98. The van der Waals surface area contributed by atoms with E-state index in [9.17, 15) is 4.79 Å². The lowest BCUT2D eigenvalue weighted by Crippen LogP contribution is -2.42. The van der Waals surface area contributed by atoms with Gasteiger partial charge in [-0.3, -0.25) is 9.98 Å². The minimum atomic E-state index is -0.899. The molecule has 4 nitrogen and oxygen atoms in total. The van der Waals surface area contributed by atoms with Crippen molar-refractivity contribution in [3.05, 3.63) is 34.6 Å². The molecule has 18 heavy (non-hydrogen) atoms. The number of nitrogens with zero attached hydrogens (tertiary/aromatic N) is 2. The highest BCUT2D eigenvalue weighted by atomic mass is 35.5. The summed E-state index contributed by atoms with van der Waals surface area (Å²) in [5.74, 6) is 0. The fourth-order valence-corrected chi connectivity index (χ4v) is 2.47.